The number of carbonyl (C=O) groups is 1. The lowest BCUT2D eigenvalue weighted by Gasteiger charge is -2.24. The Labute approximate surface area is 161 Å². The molecule has 3 rings (SSSR count). The number of halogens is 2. The molecule has 28 heavy (non-hydrogen) atoms. The summed E-state index contributed by atoms with van der Waals surface area (Å²) in [5.74, 6) is -1.69. The number of urea groups is 1. The van der Waals surface area contributed by atoms with Crippen molar-refractivity contribution in [1.29, 1.82) is 0 Å². The largest absolute Gasteiger partial charge is 0.386 e. The summed E-state index contributed by atoms with van der Waals surface area (Å²) in [6.07, 6.45) is 1.15. The minimum atomic E-state index is -1.49. The minimum absolute atomic E-state index is 0.304. The van der Waals surface area contributed by atoms with E-state index in [1.807, 2.05) is 18.2 Å². The number of rotatable bonds is 7. The van der Waals surface area contributed by atoms with E-state index in [1.54, 1.807) is 13.1 Å². The highest BCUT2D eigenvalue weighted by Gasteiger charge is 2.26. The van der Waals surface area contributed by atoms with Gasteiger partial charge in [0.2, 0.25) is 0 Å². The molecule has 0 saturated heterocycles. The Morgan fingerprint density at radius 3 is 2.71 bits per heavy atom. The van der Waals surface area contributed by atoms with Crippen molar-refractivity contribution >= 4 is 16.9 Å². The van der Waals surface area contributed by atoms with Gasteiger partial charge in [-0.1, -0.05) is 25.1 Å². The van der Waals surface area contributed by atoms with Crippen LogP contribution in [0.2, 0.25) is 0 Å². The topological polar surface area (TPSA) is 90.0 Å². The normalized spacial score (nSPS) is 13.3. The fraction of sp³-hybridized carbons (Fsp3) is 0.300. The summed E-state index contributed by atoms with van der Waals surface area (Å²) in [7, 11) is 0. The third-order valence-electron chi connectivity index (χ3n) is 4.64. The van der Waals surface area contributed by atoms with Gasteiger partial charge in [-0.2, -0.15) is 5.10 Å². The molecule has 6 nitrogen and oxygen atoms in total. The lowest BCUT2D eigenvalue weighted by Crippen LogP contribution is -2.45. The molecule has 1 heterocycles. The molecule has 2 aromatic carbocycles. The third kappa shape index (κ3) is 4.45. The van der Waals surface area contributed by atoms with Gasteiger partial charge in [-0.05, 0) is 36.6 Å². The number of aliphatic hydroxyl groups excluding tert-OH is 1. The number of H-pyrrole nitrogens is 1. The standard InChI is InChI=1S/C20H22F2N4O2/c1-2-16(19(27)18-14(21)4-3-5-15(18)22)25-20(28)23-9-8-12-6-7-13-11-24-26-17(13)10-12/h3-7,10-11,16,19,27H,2,8-9H2,1H3,(H,24,26)(H2,23,25,28). The number of aromatic nitrogens is 2. The second kappa shape index (κ2) is 8.79. The van der Waals surface area contributed by atoms with Crippen molar-refractivity contribution in [2.75, 3.05) is 6.54 Å². The van der Waals surface area contributed by atoms with Gasteiger partial charge in [-0.15, -0.1) is 0 Å². The summed E-state index contributed by atoms with van der Waals surface area (Å²) in [6.45, 7) is 2.08. The van der Waals surface area contributed by atoms with Crippen molar-refractivity contribution in [3.63, 3.8) is 0 Å². The van der Waals surface area contributed by atoms with Crippen LogP contribution in [0.25, 0.3) is 10.9 Å². The van der Waals surface area contributed by atoms with E-state index in [0.29, 0.717) is 19.4 Å². The summed E-state index contributed by atoms with van der Waals surface area (Å²) >= 11 is 0. The number of hydrogen-bond donors (Lipinski definition) is 4. The Morgan fingerprint density at radius 1 is 1.25 bits per heavy atom. The number of aliphatic hydroxyl groups is 1. The van der Waals surface area contributed by atoms with Gasteiger partial charge in [0, 0.05) is 11.9 Å². The first kappa shape index (κ1) is 19.8. The highest BCUT2D eigenvalue weighted by atomic mass is 19.1. The zero-order chi connectivity index (χ0) is 20.1. The Hall–Kier alpha value is -3.00. The lowest BCUT2D eigenvalue weighted by atomic mass is 9.99. The molecular formula is C20H22F2N4O2. The van der Waals surface area contributed by atoms with E-state index in [0.717, 1.165) is 28.6 Å². The van der Waals surface area contributed by atoms with Gasteiger partial charge < -0.3 is 15.7 Å². The molecule has 0 saturated carbocycles. The number of amides is 2. The summed E-state index contributed by atoms with van der Waals surface area (Å²) in [6, 6.07) is 7.90. The summed E-state index contributed by atoms with van der Waals surface area (Å²) < 4.78 is 27.8. The number of carbonyl (C=O) groups excluding carboxylic acids is 1. The van der Waals surface area contributed by atoms with E-state index in [2.05, 4.69) is 20.8 Å². The van der Waals surface area contributed by atoms with Gasteiger partial charge >= 0.3 is 6.03 Å². The van der Waals surface area contributed by atoms with Crippen LogP contribution in [0.5, 0.6) is 0 Å². The van der Waals surface area contributed by atoms with E-state index >= 15 is 0 Å². The van der Waals surface area contributed by atoms with E-state index in [9.17, 15) is 18.7 Å². The first-order chi connectivity index (χ1) is 13.5. The third-order valence-corrected chi connectivity index (χ3v) is 4.64. The number of aromatic amines is 1. The summed E-state index contributed by atoms with van der Waals surface area (Å²) in [5, 5.41) is 23.5. The van der Waals surface area contributed by atoms with Crippen molar-refractivity contribution in [3.8, 4) is 0 Å². The predicted octanol–water partition coefficient (Wildman–Crippen LogP) is 3.20. The Bertz CT molecular complexity index is 940. The zero-order valence-corrected chi connectivity index (χ0v) is 15.4. The fourth-order valence-corrected chi connectivity index (χ4v) is 3.08. The summed E-state index contributed by atoms with van der Waals surface area (Å²) in [4.78, 5) is 12.1. The average molecular weight is 388 g/mol. The van der Waals surface area contributed by atoms with Crippen LogP contribution in [0.4, 0.5) is 13.6 Å². The van der Waals surface area contributed by atoms with Gasteiger partial charge in [-0.3, -0.25) is 5.10 Å². The average Bonchev–Trinajstić information content (AvgIpc) is 3.13. The molecule has 2 amide bonds. The minimum Gasteiger partial charge on any atom is -0.386 e. The van der Waals surface area contributed by atoms with E-state index in [-0.39, 0.29) is 0 Å². The molecule has 4 N–H and O–H groups in total. The molecule has 3 aromatic rings. The lowest BCUT2D eigenvalue weighted by molar-refractivity contribution is 0.120. The van der Waals surface area contributed by atoms with Crippen LogP contribution in [0.15, 0.2) is 42.6 Å². The Morgan fingerprint density at radius 2 is 2.00 bits per heavy atom. The molecule has 0 aliphatic rings. The number of fused-ring (bicyclic) bond motifs is 1. The molecule has 0 aliphatic heterocycles. The molecule has 0 bridgehead atoms. The molecular weight excluding hydrogens is 366 g/mol. The molecule has 8 heteroatoms. The number of nitrogens with zero attached hydrogens (tertiary/aromatic N) is 1. The van der Waals surface area contributed by atoms with Crippen molar-refractivity contribution in [2.24, 2.45) is 0 Å². The molecule has 0 fully saturated rings. The predicted molar refractivity (Wildman–Crippen MR) is 102 cm³/mol. The van der Waals surface area contributed by atoms with E-state index in [4.69, 9.17) is 0 Å². The maximum absolute atomic E-state index is 13.9. The zero-order valence-electron chi connectivity index (χ0n) is 15.4. The Kier molecular flexibility index (Phi) is 6.20. The van der Waals surface area contributed by atoms with Crippen LogP contribution in [0.1, 0.15) is 30.6 Å². The van der Waals surface area contributed by atoms with Crippen molar-refractivity contribution in [1.82, 2.24) is 20.8 Å². The number of hydrogen-bond acceptors (Lipinski definition) is 3. The first-order valence-corrected chi connectivity index (χ1v) is 9.08. The van der Waals surface area contributed by atoms with Gasteiger partial charge in [0.1, 0.15) is 17.7 Å². The second-order valence-corrected chi connectivity index (χ2v) is 6.54. The second-order valence-electron chi connectivity index (χ2n) is 6.54. The summed E-state index contributed by atoms with van der Waals surface area (Å²) in [5.41, 5.74) is 1.50. The van der Waals surface area contributed by atoms with Crippen LogP contribution in [0, 0.1) is 11.6 Å². The monoisotopic (exact) mass is 388 g/mol. The number of benzene rings is 2. The van der Waals surface area contributed by atoms with Crippen molar-refractivity contribution in [3.05, 3.63) is 65.4 Å². The highest BCUT2D eigenvalue weighted by molar-refractivity contribution is 5.78. The molecule has 0 aliphatic carbocycles. The molecule has 0 radical (unpaired) electrons. The van der Waals surface area contributed by atoms with Crippen molar-refractivity contribution < 1.29 is 18.7 Å². The molecule has 1 aromatic heterocycles. The van der Waals surface area contributed by atoms with Crippen molar-refractivity contribution in [2.45, 2.75) is 31.9 Å². The smallest absolute Gasteiger partial charge is 0.315 e. The van der Waals surface area contributed by atoms with Gasteiger partial charge in [0.25, 0.3) is 0 Å². The van der Waals surface area contributed by atoms with Crippen LogP contribution in [-0.2, 0) is 6.42 Å². The maximum Gasteiger partial charge on any atom is 0.315 e. The van der Waals surface area contributed by atoms with Gasteiger partial charge in [0.05, 0.1) is 23.3 Å². The first-order valence-electron chi connectivity index (χ1n) is 9.08. The van der Waals surface area contributed by atoms with E-state index in [1.165, 1.54) is 6.07 Å². The number of nitrogens with one attached hydrogen (secondary N) is 3. The quantitative estimate of drug-likeness (QED) is 0.501. The molecule has 148 valence electrons. The van der Waals surface area contributed by atoms with Crippen LogP contribution in [-0.4, -0.2) is 33.9 Å². The van der Waals surface area contributed by atoms with E-state index < -0.39 is 35.4 Å². The molecule has 2 atom stereocenters. The van der Waals surface area contributed by atoms with Gasteiger partial charge in [0.15, 0.2) is 0 Å². The molecule has 0 spiro atoms. The Balaban J connectivity index is 1.55. The highest BCUT2D eigenvalue weighted by Crippen LogP contribution is 2.24. The SMILES string of the molecule is CCC(NC(=O)NCCc1ccc2cn[nH]c2c1)C(O)c1c(F)cccc1F. The fourth-order valence-electron chi connectivity index (χ4n) is 3.08. The van der Waals surface area contributed by atoms with Crippen LogP contribution >= 0.6 is 0 Å². The molecule has 2 unspecified atom stereocenters. The van der Waals surface area contributed by atoms with Crippen LogP contribution < -0.4 is 10.6 Å². The van der Waals surface area contributed by atoms with Gasteiger partial charge in [-0.25, -0.2) is 13.6 Å². The van der Waals surface area contributed by atoms with Crippen LogP contribution in [0.3, 0.4) is 0 Å². The maximum atomic E-state index is 13.9.